The third kappa shape index (κ3) is 8.50. The topological polar surface area (TPSA) is 65.0 Å². The van der Waals surface area contributed by atoms with Gasteiger partial charge in [0.15, 0.2) is 5.71 Å². The van der Waals surface area contributed by atoms with E-state index in [1.54, 1.807) is 6.92 Å². The van der Waals surface area contributed by atoms with E-state index in [0.29, 0.717) is 12.4 Å². The van der Waals surface area contributed by atoms with Crippen LogP contribution in [0.1, 0.15) is 58.9 Å². The summed E-state index contributed by atoms with van der Waals surface area (Å²) in [4.78, 5) is 0. The third-order valence-corrected chi connectivity index (χ3v) is 5.14. The molecule has 0 aliphatic rings. The monoisotopic (exact) mass is 423 g/mol. The smallest absolute Gasteiger partial charge is 0.437 e. The summed E-state index contributed by atoms with van der Waals surface area (Å²) in [5.41, 5.74) is -1.77. The maximum absolute atomic E-state index is 13.3. The van der Waals surface area contributed by atoms with Gasteiger partial charge in [0.2, 0.25) is 0 Å². The molecule has 0 aromatic heterocycles. The largest absolute Gasteiger partial charge is 0.493 e. The lowest BCUT2D eigenvalue weighted by atomic mass is 9.88. The van der Waals surface area contributed by atoms with Crippen molar-refractivity contribution in [3.63, 3.8) is 0 Å². The van der Waals surface area contributed by atoms with Crippen LogP contribution < -0.4 is 4.74 Å². The molecule has 0 amide bonds. The first kappa shape index (κ1) is 24.3. The lowest BCUT2D eigenvalue weighted by molar-refractivity contribution is -0.0597. The summed E-state index contributed by atoms with van der Waals surface area (Å²) in [6.45, 7) is 8.24. The van der Waals surface area contributed by atoms with E-state index < -0.39 is 27.8 Å². The van der Waals surface area contributed by atoms with Gasteiger partial charge in [-0.15, -0.1) is 0 Å². The zero-order valence-corrected chi connectivity index (χ0v) is 17.5. The first-order valence-electron chi connectivity index (χ1n) is 9.20. The molecule has 1 aromatic carbocycles. The number of ether oxygens (including phenoxy) is 1. The molecule has 0 N–H and O–H groups in total. The predicted molar refractivity (Wildman–Crippen MR) is 103 cm³/mol. The minimum atomic E-state index is -4.87. The number of hydrogen-bond donors (Lipinski definition) is 0. The summed E-state index contributed by atoms with van der Waals surface area (Å²) in [7, 11) is -4.15. The number of halogens is 3. The lowest BCUT2D eigenvalue weighted by Crippen LogP contribution is -2.25. The number of rotatable bonds is 11. The van der Waals surface area contributed by atoms with E-state index in [1.807, 2.05) is 0 Å². The van der Waals surface area contributed by atoms with Crippen LogP contribution in [0.2, 0.25) is 0 Å². The van der Waals surface area contributed by atoms with E-state index in [0.717, 1.165) is 19.3 Å². The van der Waals surface area contributed by atoms with Gasteiger partial charge in [-0.1, -0.05) is 45.7 Å². The predicted octanol–water partition coefficient (Wildman–Crippen LogP) is 5.30. The molecule has 0 radical (unpaired) electrons. The van der Waals surface area contributed by atoms with Crippen LogP contribution in [0, 0.1) is 5.41 Å². The van der Waals surface area contributed by atoms with Gasteiger partial charge in [0.25, 0.3) is 0 Å². The molecule has 0 saturated heterocycles. The molecule has 0 heterocycles. The number of nitrogens with zero attached hydrogens (tertiary/aromatic N) is 1. The number of hydrogen-bond acceptors (Lipinski definition) is 5. The zero-order chi connectivity index (χ0) is 21.4. The van der Waals surface area contributed by atoms with Gasteiger partial charge in [0.1, 0.15) is 5.75 Å². The maximum Gasteiger partial charge on any atom is 0.437 e. The standard InChI is InChI=1S/C19H28F3NO4S/c1-5-7-12-18(3,4)14-26-16-10-8-15(9-11-16)17(19(20,21)22)23-27-28(24,25)13-6-2/h8-11H,5-7,12-14H2,1-4H3/b23-17-. The molecule has 1 rings (SSSR count). The van der Waals surface area contributed by atoms with Crippen molar-refractivity contribution in [2.45, 2.75) is 59.6 Å². The van der Waals surface area contributed by atoms with Crippen LogP contribution in [-0.4, -0.2) is 32.7 Å². The molecule has 160 valence electrons. The van der Waals surface area contributed by atoms with Crippen molar-refractivity contribution in [3.05, 3.63) is 29.8 Å². The van der Waals surface area contributed by atoms with Crippen molar-refractivity contribution >= 4 is 15.8 Å². The van der Waals surface area contributed by atoms with Crippen LogP contribution >= 0.6 is 0 Å². The van der Waals surface area contributed by atoms with Crippen molar-refractivity contribution in [2.75, 3.05) is 12.4 Å². The molecular weight excluding hydrogens is 395 g/mol. The fourth-order valence-corrected chi connectivity index (χ4v) is 3.13. The maximum atomic E-state index is 13.3. The Morgan fingerprint density at radius 2 is 1.68 bits per heavy atom. The summed E-state index contributed by atoms with van der Waals surface area (Å²) in [6.07, 6.45) is -1.53. The van der Waals surface area contributed by atoms with Crippen LogP contribution in [0.4, 0.5) is 13.2 Å². The molecule has 0 aliphatic heterocycles. The van der Waals surface area contributed by atoms with E-state index in [1.165, 1.54) is 24.3 Å². The second kappa shape index (κ2) is 10.1. The molecule has 0 fully saturated rings. The Bertz CT molecular complexity index is 741. The van der Waals surface area contributed by atoms with Crippen LogP contribution in [-0.2, 0) is 14.4 Å². The second-order valence-corrected chi connectivity index (χ2v) is 9.03. The van der Waals surface area contributed by atoms with E-state index >= 15 is 0 Å². The fourth-order valence-electron chi connectivity index (χ4n) is 2.36. The average Bonchev–Trinajstić information content (AvgIpc) is 2.58. The third-order valence-electron chi connectivity index (χ3n) is 3.93. The van der Waals surface area contributed by atoms with Crippen molar-refractivity contribution in [3.8, 4) is 5.75 Å². The van der Waals surface area contributed by atoms with Crippen molar-refractivity contribution in [2.24, 2.45) is 10.6 Å². The minimum Gasteiger partial charge on any atom is -0.493 e. The molecule has 9 heteroatoms. The van der Waals surface area contributed by atoms with Crippen molar-refractivity contribution in [1.82, 2.24) is 0 Å². The van der Waals surface area contributed by atoms with Gasteiger partial charge in [0.05, 0.1) is 12.4 Å². The minimum absolute atomic E-state index is 0.0469. The Kier molecular flexibility index (Phi) is 8.78. The molecule has 0 aliphatic carbocycles. The van der Waals surface area contributed by atoms with Crippen molar-refractivity contribution < 1.29 is 30.6 Å². The highest BCUT2D eigenvalue weighted by atomic mass is 32.2. The van der Waals surface area contributed by atoms with Crippen LogP contribution in [0.25, 0.3) is 0 Å². The average molecular weight is 423 g/mol. The Labute approximate surface area is 165 Å². The quantitative estimate of drug-likeness (QED) is 0.358. The molecule has 0 atom stereocenters. The fraction of sp³-hybridized carbons (Fsp3) is 0.632. The molecule has 5 nitrogen and oxygen atoms in total. The Morgan fingerprint density at radius 1 is 1.07 bits per heavy atom. The number of benzene rings is 1. The normalized spacial score (nSPS) is 13.5. The Morgan fingerprint density at radius 3 is 2.18 bits per heavy atom. The molecule has 0 bridgehead atoms. The Balaban J connectivity index is 2.92. The highest BCUT2D eigenvalue weighted by Gasteiger charge is 2.38. The molecule has 28 heavy (non-hydrogen) atoms. The van der Waals surface area contributed by atoms with E-state index in [2.05, 4.69) is 30.2 Å². The summed E-state index contributed by atoms with van der Waals surface area (Å²) < 4.78 is 72.6. The molecule has 0 unspecified atom stereocenters. The van der Waals surface area contributed by atoms with Crippen molar-refractivity contribution in [1.29, 1.82) is 0 Å². The summed E-state index contributed by atoms with van der Waals surface area (Å²) in [5.74, 6) is 0.0109. The van der Waals surface area contributed by atoms with E-state index in [-0.39, 0.29) is 17.4 Å². The van der Waals surface area contributed by atoms with Gasteiger partial charge in [-0.3, -0.25) is 4.28 Å². The molecule has 0 saturated carbocycles. The summed E-state index contributed by atoms with van der Waals surface area (Å²) >= 11 is 0. The van der Waals surface area contributed by atoms with E-state index in [9.17, 15) is 21.6 Å². The highest BCUT2D eigenvalue weighted by Crippen LogP contribution is 2.27. The van der Waals surface area contributed by atoms with Gasteiger partial charge < -0.3 is 4.74 Å². The van der Waals surface area contributed by atoms with Crippen LogP contribution in [0.15, 0.2) is 29.4 Å². The van der Waals surface area contributed by atoms with Gasteiger partial charge in [-0.05, 0) is 42.5 Å². The van der Waals surface area contributed by atoms with Gasteiger partial charge in [-0.25, -0.2) is 0 Å². The number of alkyl halides is 3. The second-order valence-electron chi connectivity index (χ2n) is 7.35. The zero-order valence-electron chi connectivity index (χ0n) is 16.7. The SMILES string of the molecule is CCCCC(C)(C)COc1ccc(/C(=N/OS(=O)(=O)CCC)C(F)(F)F)cc1. The molecular formula is C19H28F3NO4S. The van der Waals surface area contributed by atoms with Crippen LogP contribution in [0.3, 0.4) is 0 Å². The van der Waals surface area contributed by atoms with Gasteiger partial charge >= 0.3 is 16.3 Å². The van der Waals surface area contributed by atoms with Gasteiger partial charge in [-0.2, -0.15) is 21.6 Å². The van der Waals surface area contributed by atoms with Gasteiger partial charge in [0, 0.05) is 5.56 Å². The lowest BCUT2D eigenvalue weighted by Gasteiger charge is -2.24. The highest BCUT2D eigenvalue weighted by molar-refractivity contribution is 7.86. The molecule has 0 spiro atoms. The molecule has 1 aromatic rings. The van der Waals surface area contributed by atoms with E-state index in [4.69, 9.17) is 4.74 Å². The first-order chi connectivity index (χ1) is 12.9. The van der Waals surface area contributed by atoms with Crippen LogP contribution in [0.5, 0.6) is 5.75 Å². The summed E-state index contributed by atoms with van der Waals surface area (Å²) in [6, 6.07) is 5.15. The number of unbranched alkanes of at least 4 members (excludes halogenated alkanes) is 1. The Hall–Kier alpha value is -1.77. The summed E-state index contributed by atoms with van der Waals surface area (Å²) in [5, 5.41) is 2.87. The first-order valence-corrected chi connectivity index (χ1v) is 10.8. The number of oxime groups is 1.